The van der Waals surface area contributed by atoms with Crippen molar-refractivity contribution in [3.63, 3.8) is 0 Å². The van der Waals surface area contributed by atoms with E-state index in [1.807, 2.05) is 6.07 Å². The fourth-order valence-corrected chi connectivity index (χ4v) is 1.43. The summed E-state index contributed by atoms with van der Waals surface area (Å²) in [5.41, 5.74) is 3.55. The fourth-order valence-electron chi connectivity index (χ4n) is 1.43. The number of aromatic nitrogens is 1. The van der Waals surface area contributed by atoms with E-state index >= 15 is 0 Å². The fraction of sp³-hybridized carbons (Fsp3) is 0.0769. The first-order valence-corrected chi connectivity index (χ1v) is 5.37. The van der Waals surface area contributed by atoms with Crippen molar-refractivity contribution < 1.29 is 9.50 Å². The maximum Gasteiger partial charge on any atom is 0.146 e. The topological polar surface area (TPSA) is 57.5 Å². The zero-order valence-corrected chi connectivity index (χ0v) is 9.76. The van der Waals surface area contributed by atoms with E-state index in [2.05, 4.69) is 15.5 Å². The van der Waals surface area contributed by atoms with Crippen molar-refractivity contribution in [1.29, 1.82) is 0 Å². The van der Waals surface area contributed by atoms with Crippen LogP contribution in [0, 0.1) is 5.82 Å². The molecule has 0 amide bonds. The van der Waals surface area contributed by atoms with E-state index in [1.165, 1.54) is 18.2 Å². The van der Waals surface area contributed by atoms with Crippen molar-refractivity contribution in [2.45, 2.75) is 6.92 Å². The Hall–Kier alpha value is -2.43. The third kappa shape index (κ3) is 2.82. The Kier molecular flexibility index (Phi) is 3.52. The lowest BCUT2D eigenvalue weighted by atomic mass is 10.1. The van der Waals surface area contributed by atoms with Crippen molar-refractivity contribution in [2.75, 3.05) is 5.43 Å². The van der Waals surface area contributed by atoms with Crippen LogP contribution >= 0.6 is 0 Å². The number of hydrazone groups is 1. The summed E-state index contributed by atoms with van der Waals surface area (Å²) in [6, 6.07) is 9.08. The lowest BCUT2D eigenvalue weighted by Crippen LogP contribution is -2.01. The first kappa shape index (κ1) is 12.0. The number of phenols is 1. The van der Waals surface area contributed by atoms with Gasteiger partial charge in [0.2, 0.25) is 0 Å². The molecule has 2 aromatic rings. The Morgan fingerprint density at radius 1 is 1.33 bits per heavy atom. The molecule has 18 heavy (non-hydrogen) atoms. The zero-order valence-electron chi connectivity index (χ0n) is 9.76. The molecule has 1 aromatic carbocycles. The average Bonchev–Trinajstić information content (AvgIpc) is 2.40. The van der Waals surface area contributed by atoms with Gasteiger partial charge in [0.15, 0.2) is 0 Å². The van der Waals surface area contributed by atoms with Gasteiger partial charge in [0.1, 0.15) is 17.4 Å². The summed E-state index contributed by atoms with van der Waals surface area (Å²) in [6.45, 7) is 1.67. The highest BCUT2D eigenvalue weighted by atomic mass is 19.1. The predicted molar refractivity (Wildman–Crippen MR) is 68.1 cm³/mol. The summed E-state index contributed by atoms with van der Waals surface area (Å²) < 4.78 is 13.1. The summed E-state index contributed by atoms with van der Waals surface area (Å²) in [6.07, 6.45) is 1.63. The van der Waals surface area contributed by atoms with Crippen molar-refractivity contribution in [2.24, 2.45) is 5.10 Å². The maximum atomic E-state index is 13.1. The van der Waals surface area contributed by atoms with Crippen LogP contribution in [0.25, 0.3) is 0 Å². The summed E-state index contributed by atoms with van der Waals surface area (Å²) in [5.74, 6) is 0.142. The van der Waals surface area contributed by atoms with Crippen molar-refractivity contribution in [3.05, 3.63) is 54.0 Å². The van der Waals surface area contributed by atoms with Crippen molar-refractivity contribution >= 4 is 11.5 Å². The standard InChI is InChI=1S/C13H12FN3O/c1-9(11-8-10(14)5-6-12(11)18)16-17-13-4-2-3-7-15-13/h2-8,18H,1H3,(H,15,17)/b16-9+. The highest BCUT2D eigenvalue weighted by Gasteiger charge is 2.06. The molecule has 0 atom stereocenters. The van der Waals surface area contributed by atoms with Gasteiger partial charge in [0.05, 0.1) is 5.71 Å². The van der Waals surface area contributed by atoms with Gasteiger partial charge in [-0.05, 0) is 37.3 Å². The first-order valence-electron chi connectivity index (χ1n) is 5.37. The molecule has 1 heterocycles. The van der Waals surface area contributed by atoms with Crippen LogP contribution in [0.3, 0.4) is 0 Å². The molecule has 2 N–H and O–H groups in total. The molecule has 0 saturated carbocycles. The molecule has 0 radical (unpaired) electrons. The highest BCUT2D eigenvalue weighted by Crippen LogP contribution is 2.18. The molecule has 0 aliphatic carbocycles. The largest absolute Gasteiger partial charge is 0.507 e. The number of nitrogens with one attached hydrogen (secondary N) is 1. The minimum absolute atomic E-state index is 0.0135. The highest BCUT2D eigenvalue weighted by molar-refractivity contribution is 6.01. The number of nitrogens with zero attached hydrogens (tertiary/aromatic N) is 2. The molecule has 0 spiro atoms. The molecule has 0 unspecified atom stereocenters. The van der Waals surface area contributed by atoms with Crippen LogP contribution in [-0.4, -0.2) is 15.8 Å². The lowest BCUT2D eigenvalue weighted by molar-refractivity contribution is 0.472. The average molecular weight is 245 g/mol. The van der Waals surface area contributed by atoms with Gasteiger partial charge in [-0.15, -0.1) is 0 Å². The van der Waals surface area contributed by atoms with Crippen LogP contribution in [0.15, 0.2) is 47.7 Å². The first-order chi connectivity index (χ1) is 8.66. The van der Waals surface area contributed by atoms with E-state index in [0.29, 0.717) is 17.1 Å². The van der Waals surface area contributed by atoms with E-state index in [0.717, 1.165) is 0 Å². The number of anilines is 1. The quantitative estimate of drug-likeness (QED) is 0.645. The number of benzene rings is 1. The Labute approximate surface area is 104 Å². The van der Waals surface area contributed by atoms with Crippen LogP contribution in [0.2, 0.25) is 0 Å². The van der Waals surface area contributed by atoms with E-state index in [-0.39, 0.29) is 5.75 Å². The minimum atomic E-state index is -0.421. The van der Waals surface area contributed by atoms with Crippen molar-refractivity contribution in [3.8, 4) is 5.75 Å². The Bertz CT molecular complexity index is 570. The van der Waals surface area contributed by atoms with Gasteiger partial charge in [-0.1, -0.05) is 6.07 Å². The predicted octanol–water partition coefficient (Wildman–Crippen LogP) is 2.76. The van der Waals surface area contributed by atoms with Crippen LogP contribution in [-0.2, 0) is 0 Å². The van der Waals surface area contributed by atoms with E-state index in [4.69, 9.17) is 0 Å². The lowest BCUT2D eigenvalue weighted by Gasteiger charge is -2.05. The Morgan fingerprint density at radius 2 is 2.17 bits per heavy atom. The summed E-state index contributed by atoms with van der Waals surface area (Å²) in [7, 11) is 0. The van der Waals surface area contributed by atoms with Crippen LogP contribution < -0.4 is 5.43 Å². The molecular weight excluding hydrogens is 233 g/mol. The van der Waals surface area contributed by atoms with Crippen LogP contribution in [0.1, 0.15) is 12.5 Å². The number of halogens is 1. The number of hydrogen-bond acceptors (Lipinski definition) is 4. The van der Waals surface area contributed by atoms with E-state index in [9.17, 15) is 9.50 Å². The van der Waals surface area contributed by atoms with Gasteiger partial charge in [-0.3, -0.25) is 5.43 Å². The van der Waals surface area contributed by atoms with Gasteiger partial charge in [0.25, 0.3) is 0 Å². The second-order valence-corrected chi connectivity index (χ2v) is 3.69. The van der Waals surface area contributed by atoms with Gasteiger partial charge >= 0.3 is 0 Å². The number of rotatable bonds is 3. The molecule has 0 fully saturated rings. The molecule has 5 heteroatoms. The molecular formula is C13H12FN3O. The minimum Gasteiger partial charge on any atom is -0.507 e. The Morgan fingerprint density at radius 3 is 2.89 bits per heavy atom. The zero-order chi connectivity index (χ0) is 13.0. The normalized spacial score (nSPS) is 11.3. The third-order valence-corrected chi connectivity index (χ3v) is 2.35. The summed E-state index contributed by atoms with van der Waals surface area (Å²) in [4.78, 5) is 4.03. The SMILES string of the molecule is C/C(=N\Nc1ccccn1)c1cc(F)ccc1O. The molecule has 1 aromatic heterocycles. The monoisotopic (exact) mass is 245 g/mol. The number of aromatic hydroxyl groups is 1. The van der Waals surface area contributed by atoms with E-state index < -0.39 is 5.82 Å². The third-order valence-electron chi connectivity index (χ3n) is 2.35. The number of pyridine rings is 1. The molecule has 4 nitrogen and oxygen atoms in total. The van der Waals surface area contributed by atoms with Gasteiger partial charge in [-0.25, -0.2) is 9.37 Å². The second-order valence-electron chi connectivity index (χ2n) is 3.69. The molecule has 92 valence electrons. The number of phenolic OH excluding ortho intramolecular Hbond substituents is 1. The molecule has 0 bridgehead atoms. The number of hydrogen-bond donors (Lipinski definition) is 2. The molecule has 0 aliphatic heterocycles. The van der Waals surface area contributed by atoms with E-state index in [1.54, 1.807) is 25.3 Å². The molecule has 2 rings (SSSR count). The van der Waals surface area contributed by atoms with Gasteiger partial charge in [0, 0.05) is 11.8 Å². The molecule has 0 aliphatic rings. The smallest absolute Gasteiger partial charge is 0.146 e. The van der Waals surface area contributed by atoms with Gasteiger partial charge < -0.3 is 5.11 Å². The maximum absolute atomic E-state index is 13.1. The summed E-state index contributed by atoms with van der Waals surface area (Å²) >= 11 is 0. The second kappa shape index (κ2) is 5.27. The summed E-state index contributed by atoms with van der Waals surface area (Å²) in [5, 5.41) is 13.7. The molecule has 0 saturated heterocycles. The van der Waals surface area contributed by atoms with Crippen molar-refractivity contribution in [1.82, 2.24) is 4.98 Å². The van der Waals surface area contributed by atoms with Crippen LogP contribution in [0.4, 0.5) is 10.2 Å². The van der Waals surface area contributed by atoms with Gasteiger partial charge in [-0.2, -0.15) is 5.10 Å². The Balaban J connectivity index is 2.20. The van der Waals surface area contributed by atoms with Crippen LogP contribution in [0.5, 0.6) is 5.75 Å².